The Kier molecular flexibility index (Phi) is 7.01. The van der Waals surface area contributed by atoms with E-state index >= 15 is 0 Å². The Morgan fingerprint density at radius 3 is 2.57 bits per heavy atom. The molecule has 0 aromatic heterocycles. The number of esters is 1. The molecule has 0 heterocycles. The van der Waals surface area contributed by atoms with Crippen LogP contribution in [0.25, 0.3) is 0 Å². The minimum absolute atomic E-state index is 0.119. The van der Waals surface area contributed by atoms with Gasteiger partial charge in [0.05, 0.1) is 5.75 Å². The summed E-state index contributed by atoms with van der Waals surface area (Å²) in [7, 11) is 1.93. The zero-order valence-electron chi connectivity index (χ0n) is 9.55. The van der Waals surface area contributed by atoms with Gasteiger partial charge in [0, 0.05) is 0 Å². The first-order chi connectivity index (χ1) is 6.45. The second kappa shape index (κ2) is 7.12. The van der Waals surface area contributed by atoms with E-state index in [1.54, 1.807) is 11.8 Å². The molecule has 0 amide bonds. The van der Waals surface area contributed by atoms with Crippen molar-refractivity contribution in [2.75, 3.05) is 25.1 Å². The highest BCUT2D eigenvalue weighted by atomic mass is 32.2. The van der Waals surface area contributed by atoms with E-state index in [2.05, 4.69) is 5.32 Å². The minimum atomic E-state index is -0.359. The van der Waals surface area contributed by atoms with Crippen LogP contribution in [-0.4, -0.2) is 36.7 Å². The van der Waals surface area contributed by atoms with Gasteiger partial charge >= 0.3 is 5.97 Å². The lowest BCUT2D eigenvalue weighted by atomic mass is 10.2. The van der Waals surface area contributed by atoms with E-state index < -0.39 is 0 Å². The number of hydrogen-bond donors (Lipinski definition) is 1. The molecular formula is C10H21NO2S. The lowest BCUT2D eigenvalue weighted by molar-refractivity contribution is -0.151. The van der Waals surface area contributed by atoms with E-state index in [1.807, 2.05) is 27.8 Å². The molecule has 0 unspecified atom stereocenters. The first kappa shape index (κ1) is 13.8. The summed E-state index contributed by atoms with van der Waals surface area (Å²) in [6.07, 6.45) is 1.09. The van der Waals surface area contributed by atoms with Crippen LogP contribution in [0.5, 0.6) is 0 Å². The molecule has 0 bridgehead atoms. The molecule has 4 heteroatoms. The summed E-state index contributed by atoms with van der Waals surface area (Å²) in [6.45, 7) is 6.66. The van der Waals surface area contributed by atoms with Crippen LogP contribution in [0.2, 0.25) is 0 Å². The molecule has 0 saturated heterocycles. The molecule has 0 rings (SSSR count). The van der Waals surface area contributed by atoms with Crippen LogP contribution in [0.4, 0.5) is 0 Å². The van der Waals surface area contributed by atoms with E-state index in [9.17, 15) is 4.79 Å². The fourth-order valence-electron chi connectivity index (χ4n) is 0.877. The van der Waals surface area contributed by atoms with Crippen molar-refractivity contribution in [2.45, 2.75) is 32.8 Å². The third-order valence-corrected chi connectivity index (χ3v) is 2.37. The number of rotatable bonds is 6. The average molecular weight is 219 g/mol. The van der Waals surface area contributed by atoms with Gasteiger partial charge < -0.3 is 10.1 Å². The highest BCUT2D eigenvalue weighted by Crippen LogP contribution is 2.10. The molecule has 0 radical (unpaired) electrons. The Labute approximate surface area is 91.0 Å². The van der Waals surface area contributed by atoms with Crippen LogP contribution in [-0.2, 0) is 9.53 Å². The van der Waals surface area contributed by atoms with Crippen molar-refractivity contribution in [1.29, 1.82) is 0 Å². The molecule has 0 saturated carbocycles. The van der Waals surface area contributed by atoms with Crippen molar-refractivity contribution < 1.29 is 9.53 Å². The molecule has 0 fully saturated rings. The van der Waals surface area contributed by atoms with Crippen LogP contribution >= 0.6 is 11.8 Å². The highest BCUT2D eigenvalue weighted by molar-refractivity contribution is 7.99. The van der Waals surface area contributed by atoms with E-state index in [4.69, 9.17) is 4.74 Å². The Hall–Kier alpha value is -0.220. The summed E-state index contributed by atoms with van der Waals surface area (Å²) in [5.74, 6) is 1.34. The molecule has 0 spiro atoms. The van der Waals surface area contributed by atoms with Gasteiger partial charge in [-0.1, -0.05) is 0 Å². The fourth-order valence-corrected chi connectivity index (χ4v) is 1.60. The standard InChI is InChI=1S/C10H21NO2S/c1-10(2,3)13-9(12)8-14-7-5-6-11-4/h11H,5-8H2,1-4H3. The van der Waals surface area contributed by atoms with Crippen molar-refractivity contribution in [3.8, 4) is 0 Å². The summed E-state index contributed by atoms with van der Waals surface area (Å²) >= 11 is 1.63. The minimum Gasteiger partial charge on any atom is -0.459 e. The fraction of sp³-hybridized carbons (Fsp3) is 0.900. The molecule has 1 N–H and O–H groups in total. The predicted molar refractivity (Wildman–Crippen MR) is 61.7 cm³/mol. The van der Waals surface area contributed by atoms with E-state index in [1.165, 1.54) is 0 Å². The Morgan fingerprint density at radius 1 is 1.43 bits per heavy atom. The smallest absolute Gasteiger partial charge is 0.316 e. The van der Waals surface area contributed by atoms with Crippen molar-refractivity contribution >= 4 is 17.7 Å². The van der Waals surface area contributed by atoms with Gasteiger partial charge in [-0.3, -0.25) is 4.79 Å². The van der Waals surface area contributed by atoms with Crippen LogP contribution in [0, 0.1) is 0 Å². The summed E-state index contributed by atoms with van der Waals surface area (Å²) < 4.78 is 5.17. The Morgan fingerprint density at radius 2 is 2.07 bits per heavy atom. The first-order valence-corrected chi connectivity index (χ1v) is 6.05. The topological polar surface area (TPSA) is 38.3 Å². The van der Waals surface area contributed by atoms with Gasteiger partial charge in [0.25, 0.3) is 0 Å². The van der Waals surface area contributed by atoms with E-state index in [0.29, 0.717) is 5.75 Å². The maximum atomic E-state index is 11.2. The summed E-state index contributed by atoms with van der Waals surface area (Å²) in [4.78, 5) is 11.2. The summed E-state index contributed by atoms with van der Waals surface area (Å²) in [5.41, 5.74) is -0.359. The normalized spacial score (nSPS) is 11.4. The molecule has 0 aliphatic rings. The van der Waals surface area contributed by atoms with Crippen LogP contribution < -0.4 is 5.32 Å². The maximum Gasteiger partial charge on any atom is 0.316 e. The number of carbonyl (C=O) groups is 1. The van der Waals surface area contributed by atoms with Gasteiger partial charge in [-0.25, -0.2) is 0 Å². The lowest BCUT2D eigenvalue weighted by Crippen LogP contribution is -2.25. The van der Waals surface area contributed by atoms with Gasteiger partial charge in [-0.05, 0) is 46.5 Å². The van der Waals surface area contributed by atoms with Crippen LogP contribution in [0.3, 0.4) is 0 Å². The third kappa shape index (κ3) is 9.86. The van der Waals surface area contributed by atoms with Gasteiger partial charge in [-0.2, -0.15) is 11.8 Å². The lowest BCUT2D eigenvalue weighted by Gasteiger charge is -2.19. The molecule has 0 aliphatic carbocycles. The molecule has 84 valence electrons. The van der Waals surface area contributed by atoms with Gasteiger partial charge in [0.15, 0.2) is 0 Å². The highest BCUT2D eigenvalue weighted by Gasteiger charge is 2.15. The summed E-state index contributed by atoms with van der Waals surface area (Å²) in [6, 6.07) is 0. The molecule has 14 heavy (non-hydrogen) atoms. The molecule has 0 aliphatic heterocycles. The zero-order chi connectivity index (χ0) is 11.0. The first-order valence-electron chi connectivity index (χ1n) is 4.90. The predicted octanol–water partition coefficient (Wildman–Crippen LogP) is 1.67. The second-order valence-corrected chi connectivity index (χ2v) is 5.20. The van der Waals surface area contributed by atoms with Crippen molar-refractivity contribution in [2.24, 2.45) is 0 Å². The third-order valence-electron chi connectivity index (χ3n) is 1.36. The largest absolute Gasteiger partial charge is 0.459 e. The number of thioether (sulfide) groups is 1. The second-order valence-electron chi connectivity index (χ2n) is 4.10. The zero-order valence-corrected chi connectivity index (χ0v) is 10.4. The molecule has 3 nitrogen and oxygen atoms in total. The monoisotopic (exact) mass is 219 g/mol. The molecule has 0 aromatic carbocycles. The van der Waals surface area contributed by atoms with E-state index in [-0.39, 0.29) is 11.6 Å². The Bertz CT molecular complexity index is 166. The number of carbonyl (C=O) groups excluding carboxylic acids is 1. The van der Waals surface area contributed by atoms with Gasteiger partial charge in [0.2, 0.25) is 0 Å². The summed E-state index contributed by atoms with van der Waals surface area (Å²) in [5, 5.41) is 3.06. The quantitative estimate of drug-likeness (QED) is 0.545. The van der Waals surface area contributed by atoms with Crippen molar-refractivity contribution in [1.82, 2.24) is 5.32 Å². The molecule has 0 atom stereocenters. The van der Waals surface area contributed by atoms with E-state index in [0.717, 1.165) is 18.7 Å². The van der Waals surface area contributed by atoms with Crippen molar-refractivity contribution in [3.63, 3.8) is 0 Å². The number of nitrogens with one attached hydrogen (secondary N) is 1. The SMILES string of the molecule is CNCCCSCC(=O)OC(C)(C)C. The van der Waals surface area contributed by atoms with Gasteiger partial charge in [0.1, 0.15) is 5.60 Å². The maximum absolute atomic E-state index is 11.2. The average Bonchev–Trinajstić information content (AvgIpc) is 2.00. The molecule has 0 aromatic rings. The Balaban J connectivity index is 3.36. The number of hydrogen-bond acceptors (Lipinski definition) is 4. The van der Waals surface area contributed by atoms with Crippen LogP contribution in [0.1, 0.15) is 27.2 Å². The van der Waals surface area contributed by atoms with Crippen molar-refractivity contribution in [3.05, 3.63) is 0 Å². The molecular weight excluding hydrogens is 198 g/mol. The number of ether oxygens (including phenoxy) is 1. The van der Waals surface area contributed by atoms with Crippen LogP contribution in [0.15, 0.2) is 0 Å². The van der Waals surface area contributed by atoms with Gasteiger partial charge in [-0.15, -0.1) is 0 Å².